The van der Waals surface area contributed by atoms with Crippen LogP contribution in [-0.2, 0) is 0 Å². The summed E-state index contributed by atoms with van der Waals surface area (Å²) in [6.45, 7) is 1.75. The fourth-order valence-corrected chi connectivity index (χ4v) is 1.83. The Morgan fingerprint density at radius 1 is 1.26 bits per heavy atom. The highest BCUT2D eigenvalue weighted by atomic mass is 79.9. The summed E-state index contributed by atoms with van der Waals surface area (Å²) in [4.78, 5) is 4.12. The summed E-state index contributed by atoms with van der Waals surface area (Å²) in [6.07, 6.45) is 0. The van der Waals surface area contributed by atoms with Crippen molar-refractivity contribution in [2.24, 2.45) is 0 Å². The Morgan fingerprint density at radius 2 is 2.00 bits per heavy atom. The smallest absolute Gasteiger partial charge is 0.149 e. The van der Waals surface area contributed by atoms with E-state index in [-0.39, 0.29) is 21.5 Å². The summed E-state index contributed by atoms with van der Waals surface area (Å²) in [6, 6.07) is 7.24. The molecule has 1 N–H and O–H groups in total. The van der Waals surface area contributed by atoms with Gasteiger partial charge in [0.25, 0.3) is 0 Å². The number of benzene rings is 1. The monoisotopic (exact) mass is 323 g/mol. The number of rotatable bonds is 2. The first-order valence-corrected chi connectivity index (χ1v) is 6.10. The predicted octanol–water partition coefficient (Wildman–Crippen LogP) is 4.05. The molecule has 1 aromatic carbocycles. The van der Waals surface area contributed by atoms with E-state index in [1.165, 1.54) is 6.07 Å². The molecule has 2 rings (SSSR count). The molecule has 0 aliphatic carbocycles. The van der Waals surface area contributed by atoms with Crippen LogP contribution in [0.15, 0.2) is 28.7 Å². The Balaban J connectivity index is 2.45. The van der Waals surface area contributed by atoms with Crippen LogP contribution in [0.3, 0.4) is 0 Å². The highest BCUT2D eigenvalue weighted by molar-refractivity contribution is 9.10. The lowest BCUT2D eigenvalue weighted by atomic mass is 10.2. The van der Waals surface area contributed by atoms with Crippen LogP contribution in [0.1, 0.15) is 11.3 Å². The molecule has 0 amide bonds. The van der Waals surface area contributed by atoms with Crippen molar-refractivity contribution < 1.29 is 8.78 Å². The predicted molar refractivity (Wildman–Crippen MR) is 71.0 cm³/mol. The third kappa shape index (κ3) is 2.88. The van der Waals surface area contributed by atoms with E-state index in [0.29, 0.717) is 5.69 Å². The van der Waals surface area contributed by atoms with Crippen LogP contribution in [0.25, 0.3) is 0 Å². The number of hydrogen-bond donors (Lipinski definition) is 1. The first kappa shape index (κ1) is 13.4. The Bertz CT molecular complexity index is 680. The van der Waals surface area contributed by atoms with Crippen molar-refractivity contribution in [1.82, 2.24) is 4.98 Å². The number of nitrogens with zero attached hydrogens (tertiary/aromatic N) is 2. The lowest BCUT2D eigenvalue weighted by molar-refractivity contribution is 0.581. The van der Waals surface area contributed by atoms with Crippen LogP contribution in [-0.4, -0.2) is 4.98 Å². The van der Waals surface area contributed by atoms with Gasteiger partial charge in [0, 0.05) is 11.8 Å². The lowest BCUT2D eigenvalue weighted by Gasteiger charge is -2.09. The van der Waals surface area contributed by atoms with E-state index in [1.54, 1.807) is 19.1 Å². The molecule has 6 heteroatoms. The summed E-state index contributed by atoms with van der Waals surface area (Å²) >= 11 is 2.98. The van der Waals surface area contributed by atoms with Gasteiger partial charge in [0.05, 0.1) is 15.7 Å². The van der Waals surface area contributed by atoms with E-state index in [0.717, 1.165) is 6.07 Å². The number of nitriles is 1. The van der Waals surface area contributed by atoms with Crippen LogP contribution >= 0.6 is 15.9 Å². The molecule has 0 saturated heterocycles. The number of anilines is 2. The van der Waals surface area contributed by atoms with Gasteiger partial charge in [0.15, 0.2) is 0 Å². The zero-order valence-corrected chi connectivity index (χ0v) is 11.4. The van der Waals surface area contributed by atoms with Gasteiger partial charge in [-0.15, -0.1) is 0 Å². The zero-order chi connectivity index (χ0) is 14.0. The van der Waals surface area contributed by atoms with Crippen LogP contribution in [0.5, 0.6) is 0 Å². The van der Waals surface area contributed by atoms with Gasteiger partial charge in [-0.3, -0.25) is 0 Å². The van der Waals surface area contributed by atoms with Gasteiger partial charge in [-0.2, -0.15) is 5.26 Å². The number of aromatic nitrogens is 1. The second-order valence-electron chi connectivity index (χ2n) is 3.83. The Labute approximate surface area is 117 Å². The molecule has 1 heterocycles. The molecule has 0 unspecified atom stereocenters. The van der Waals surface area contributed by atoms with Gasteiger partial charge in [-0.25, -0.2) is 13.8 Å². The third-order valence-corrected chi connectivity index (χ3v) is 3.03. The number of pyridine rings is 1. The van der Waals surface area contributed by atoms with E-state index < -0.39 is 11.6 Å². The normalized spacial score (nSPS) is 10.1. The first-order chi connectivity index (χ1) is 9.01. The van der Waals surface area contributed by atoms with E-state index in [2.05, 4.69) is 26.2 Å². The second-order valence-corrected chi connectivity index (χ2v) is 4.69. The van der Waals surface area contributed by atoms with Crippen LogP contribution < -0.4 is 5.32 Å². The summed E-state index contributed by atoms with van der Waals surface area (Å²) < 4.78 is 26.9. The molecule has 0 spiro atoms. The quantitative estimate of drug-likeness (QED) is 0.848. The van der Waals surface area contributed by atoms with Gasteiger partial charge in [-0.05, 0) is 41.1 Å². The largest absolute Gasteiger partial charge is 0.337 e. The number of aryl methyl sites for hydroxylation is 1. The summed E-state index contributed by atoms with van der Waals surface area (Å²) in [5, 5.41) is 11.7. The molecule has 0 radical (unpaired) electrons. The maximum absolute atomic E-state index is 13.6. The van der Waals surface area contributed by atoms with Crippen LogP contribution in [0, 0.1) is 29.9 Å². The SMILES string of the molecule is Cc1ccc(C#N)c(Nc2cc(Br)c(F)cc2F)n1. The molecular weight excluding hydrogens is 316 g/mol. The van der Waals surface area contributed by atoms with E-state index >= 15 is 0 Å². The highest BCUT2D eigenvalue weighted by Crippen LogP contribution is 2.27. The fraction of sp³-hybridized carbons (Fsp3) is 0.0769. The Hall–Kier alpha value is -2.00. The van der Waals surface area contributed by atoms with Gasteiger partial charge in [-0.1, -0.05) is 0 Å². The van der Waals surface area contributed by atoms with Crippen molar-refractivity contribution in [3.05, 3.63) is 51.6 Å². The van der Waals surface area contributed by atoms with Crippen LogP contribution in [0.2, 0.25) is 0 Å². The maximum Gasteiger partial charge on any atom is 0.149 e. The molecule has 2 aromatic rings. The van der Waals surface area contributed by atoms with Crippen molar-refractivity contribution in [2.45, 2.75) is 6.92 Å². The average molecular weight is 324 g/mol. The third-order valence-electron chi connectivity index (χ3n) is 2.42. The van der Waals surface area contributed by atoms with Gasteiger partial charge in [0.2, 0.25) is 0 Å². The standard InChI is InChI=1S/C13H8BrF2N3/c1-7-2-3-8(6-17)13(18-7)19-12-4-9(14)10(15)5-11(12)16/h2-5H,1H3,(H,18,19). The molecule has 0 aliphatic rings. The fourth-order valence-electron chi connectivity index (χ4n) is 1.49. The first-order valence-electron chi connectivity index (χ1n) is 5.30. The summed E-state index contributed by atoms with van der Waals surface area (Å²) in [5.74, 6) is -1.21. The molecule has 96 valence electrons. The van der Waals surface area contributed by atoms with Crippen LogP contribution in [0.4, 0.5) is 20.3 Å². The molecule has 1 aromatic heterocycles. The topological polar surface area (TPSA) is 48.7 Å². The number of halogens is 3. The second kappa shape index (κ2) is 5.33. The molecule has 0 atom stereocenters. The molecule has 3 nitrogen and oxygen atoms in total. The van der Waals surface area contributed by atoms with Crippen molar-refractivity contribution in [3.63, 3.8) is 0 Å². The summed E-state index contributed by atoms with van der Waals surface area (Å²) in [7, 11) is 0. The van der Waals surface area contributed by atoms with Gasteiger partial charge < -0.3 is 5.32 Å². The van der Waals surface area contributed by atoms with E-state index in [4.69, 9.17) is 5.26 Å². The number of nitrogens with one attached hydrogen (secondary N) is 1. The van der Waals surface area contributed by atoms with E-state index in [9.17, 15) is 8.78 Å². The van der Waals surface area contributed by atoms with E-state index in [1.807, 2.05) is 6.07 Å². The van der Waals surface area contributed by atoms with Crippen molar-refractivity contribution in [2.75, 3.05) is 5.32 Å². The Kier molecular flexibility index (Phi) is 3.76. The Morgan fingerprint density at radius 3 is 2.68 bits per heavy atom. The zero-order valence-electron chi connectivity index (χ0n) is 9.84. The molecule has 0 aliphatic heterocycles. The summed E-state index contributed by atoms with van der Waals surface area (Å²) in [5.41, 5.74) is 1.01. The molecule has 19 heavy (non-hydrogen) atoms. The van der Waals surface area contributed by atoms with Crippen molar-refractivity contribution in [3.8, 4) is 6.07 Å². The molecule has 0 fully saturated rings. The minimum Gasteiger partial charge on any atom is -0.337 e. The molecular formula is C13H8BrF2N3. The van der Waals surface area contributed by atoms with Crippen molar-refractivity contribution in [1.29, 1.82) is 5.26 Å². The minimum atomic E-state index is -0.757. The molecule has 0 bridgehead atoms. The highest BCUT2D eigenvalue weighted by Gasteiger charge is 2.11. The van der Waals surface area contributed by atoms with Gasteiger partial charge in [0.1, 0.15) is 23.5 Å². The average Bonchev–Trinajstić information content (AvgIpc) is 2.36. The maximum atomic E-state index is 13.6. The van der Waals surface area contributed by atoms with Gasteiger partial charge >= 0.3 is 0 Å². The van der Waals surface area contributed by atoms with Crippen molar-refractivity contribution >= 4 is 27.4 Å². The minimum absolute atomic E-state index is 0.0443. The lowest BCUT2D eigenvalue weighted by Crippen LogP contribution is -2.01. The number of hydrogen-bond acceptors (Lipinski definition) is 3. The molecule has 0 saturated carbocycles.